The summed E-state index contributed by atoms with van der Waals surface area (Å²) in [6, 6.07) is 6.99. The summed E-state index contributed by atoms with van der Waals surface area (Å²) in [6.07, 6.45) is 3.14. The number of nitrogens with zero attached hydrogens (tertiary/aromatic N) is 2. The Labute approximate surface area is 161 Å². The highest BCUT2D eigenvalue weighted by Crippen LogP contribution is 2.44. The van der Waals surface area contributed by atoms with Gasteiger partial charge < -0.3 is 15.4 Å². The fraction of sp³-hybridized carbons (Fsp3) is 0.421. The number of carbonyl (C=O) groups is 1. The van der Waals surface area contributed by atoms with Gasteiger partial charge in [0.1, 0.15) is 5.75 Å². The molecule has 1 fully saturated rings. The van der Waals surface area contributed by atoms with Gasteiger partial charge in [-0.05, 0) is 43.9 Å². The van der Waals surface area contributed by atoms with Gasteiger partial charge in [0.15, 0.2) is 6.61 Å². The number of rotatable bonds is 3. The average molecular weight is 389 g/mol. The average Bonchev–Trinajstić information content (AvgIpc) is 2.99. The smallest absolute Gasteiger partial charge is 0.260 e. The second kappa shape index (κ2) is 6.88. The highest BCUT2D eigenvalue weighted by Gasteiger charge is 2.44. The lowest BCUT2D eigenvalue weighted by atomic mass is 9.76. The zero-order valence-electron chi connectivity index (χ0n) is 14.8. The number of H-pyrrole nitrogens is 1. The summed E-state index contributed by atoms with van der Waals surface area (Å²) >= 11 is 5.93. The fourth-order valence-corrected chi connectivity index (χ4v) is 4.31. The van der Waals surface area contributed by atoms with Gasteiger partial charge in [-0.15, -0.1) is 0 Å². The van der Waals surface area contributed by atoms with Crippen LogP contribution in [0.25, 0.3) is 0 Å². The predicted octanol–water partition coefficient (Wildman–Crippen LogP) is 1.89. The number of ether oxygens (including phenoxy) is 1. The maximum Gasteiger partial charge on any atom is 0.260 e. The molecule has 1 spiro atoms. The molecule has 2 heterocycles. The normalized spacial score (nSPS) is 17.7. The van der Waals surface area contributed by atoms with Crippen molar-refractivity contribution in [3.8, 4) is 5.75 Å². The van der Waals surface area contributed by atoms with Crippen molar-refractivity contribution < 1.29 is 9.53 Å². The van der Waals surface area contributed by atoms with E-state index >= 15 is 0 Å². The molecule has 1 aliphatic heterocycles. The number of hydrogen-bond donors (Lipinski definition) is 2. The number of carbonyl (C=O) groups excluding carboxylic acids is 1. The lowest BCUT2D eigenvalue weighted by molar-refractivity contribution is -0.135. The van der Waals surface area contributed by atoms with Crippen LogP contribution in [0.15, 0.2) is 29.1 Å². The van der Waals surface area contributed by atoms with Crippen molar-refractivity contribution in [1.82, 2.24) is 14.9 Å². The van der Waals surface area contributed by atoms with E-state index < -0.39 is 0 Å². The molecule has 27 heavy (non-hydrogen) atoms. The Hall–Kier alpha value is -2.54. The van der Waals surface area contributed by atoms with E-state index in [9.17, 15) is 9.59 Å². The van der Waals surface area contributed by atoms with Crippen LogP contribution in [-0.4, -0.2) is 40.5 Å². The van der Waals surface area contributed by atoms with E-state index in [4.69, 9.17) is 22.1 Å². The Morgan fingerprint density at radius 2 is 2.11 bits per heavy atom. The monoisotopic (exact) mass is 388 g/mol. The van der Waals surface area contributed by atoms with E-state index in [1.165, 1.54) is 0 Å². The molecule has 4 rings (SSSR count). The molecule has 2 aliphatic rings. The number of nitrogens with one attached hydrogen (secondary N) is 1. The minimum Gasteiger partial charge on any atom is -0.484 e. The van der Waals surface area contributed by atoms with Crippen LogP contribution >= 0.6 is 11.6 Å². The first-order valence-corrected chi connectivity index (χ1v) is 9.40. The number of halogens is 1. The summed E-state index contributed by atoms with van der Waals surface area (Å²) in [7, 11) is 0. The SMILES string of the molecule is Nc1nc2c(c(=O)[nH]1)CCC21CCN(C(=O)COc2cccc(Cl)c2)CC1. The van der Waals surface area contributed by atoms with Crippen molar-refractivity contribution in [3.63, 3.8) is 0 Å². The summed E-state index contributed by atoms with van der Waals surface area (Å²) in [6.45, 7) is 1.21. The van der Waals surface area contributed by atoms with Gasteiger partial charge in [0, 0.05) is 29.1 Å². The first-order chi connectivity index (χ1) is 13.0. The number of fused-ring (bicyclic) bond motifs is 2. The molecule has 0 atom stereocenters. The van der Waals surface area contributed by atoms with Crippen LogP contribution < -0.4 is 16.0 Å². The minimum atomic E-state index is -0.150. The molecule has 2 aromatic rings. The molecule has 3 N–H and O–H groups in total. The zero-order chi connectivity index (χ0) is 19.0. The summed E-state index contributed by atoms with van der Waals surface area (Å²) in [5.74, 6) is 0.683. The van der Waals surface area contributed by atoms with Gasteiger partial charge in [-0.25, -0.2) is 4.98 Å². The van der Waals surface area contributed by atoms with Gasteiger partial charge in [0.25, 0.3) is 11.5 Å². The molecule has 0 bridgehead atoms. The standard InChI is InChI=1S/C19H21ClN4O3/c20-12-2-1-3-13(10-12)27-11-15(25)24-8-6-19(7-9-24)5-4-14-16(19)22-18(21)23-17(14)26/h1-3,10H,4-9,11H2,(H3,21,22,23,26). The van der Waals surface area contributed by atoms with Gasteiger partial charge in [-0.2, -0.15) is 0 Å². The maximum absolute atomic E-state index is 12.5. The molecule has 8 heteroatoms. The lowest BCUT2D eigenvalue weighted by Gasteiger charge is -2.39. The number of nitrogens with two attached hydrogens (primary N) is 1. The van der Waals surface area contributed by atoms with Crippen LogP contribution in [0.2, 0.25) is 5.02 Å². The Morgan fingerprint density at radius 1 is 1.33 bits per heavy atom. The number of anilines is 1. The van der Waals surface area contributed by atoms with Gasteiger partial charge in [-0.3, -0.25) is 14.6 Å². The first-order valence-electron chi connectivity index (χ1n) is 9.02. The highest BCUT2D eigenvalue weighted by molar-refractivity contribution is 6.30. The fourth-order valence-electron chi connectivity index (χ4n) is 4.13. The van der Waals surface area contributed by atoms with Crippen LogP contribution in [0.4, 0.5) is 5.95 Å². The number of benzene rings is 1. The van der Waals surface area contributed by atoms with Crippen LogP contribution in [0.1, 0.15) is 30.5 Å². The van der Waals surface area contributed by atoms with Crippen LogP contribution in [0.5, 0.6) is 5.75 Å². The molecular formula is C19H21ClN4O3. The van der Waals surface area contributed by atoms with Crippen LogP contribution in [0, 0.1) is 0 Å². The third-order valence-electron chi connectivity index (χ3n) is 5.62. The molecule has 1 aromatic carbocycles. The summed E-state index contributed by atoms with van der Waals surface area (Å²) in [5.41, 5.74) is 7.03. The molecular weight excluding hydrogens is 368 g/mol. The number of likely N-dealkylation sites (tertiary alicyclic amines) is 1. The minimum absolute atomic E-state index is 0.0191. The third-order valence-corrected chi connectivity index (χ3v) is 5.86. The quantitative estimate of drug-likeness (QED) is 0.836. The number of piperidine rings is 1. The van der Waals surface area contributed by atoms with Crippen molar-refractivity contribution in [3.05, 3.63) is 50.9 Å². The lowest BCUT2D eigenvalue weighted by Crippen LogP contribution is -2.46. The molecule has 1 amide bonds. The van der Waals surface area contributed by atoms with E-state index in [2.05, 4.69) is 9.97 Å². The molecule has 0 saturated carbocycles. The first kappa shape index (κ1) is 17.9. The Morgan fingerprint density at radius 3 is 2.85 bits per heavy atom. The van der Waals surface area contributed by atoms with E-state index in [-0.39, 0.29) is 29.4 Å². The molecule has 1 aliphatic carbocycles. The Balaban J connectivity index is 1.40. The van der Waals surface area contributed by atoms with E-state index in [1.54, 1.807) is 24.3 Å². The molecule has 7 nitrogen and oxygen atoms in total. The van der Waals surface area contributed by atoms with Gasteiger partial charge in [0.2, 0.25) is 5.95 Å². The van der Waals surface area contributed by atoms with Crippen LogP contribution in [0.3, 0.4) is 0 Å². The van der Waals surface area contributed by atoms with Crippen molar-refractivity contribution in [2.24, 2.45) is 0 Å². The number of hydrogen-bond acceptors (Lipinski definition) is 5. The zero-order valence-corrected chi connectivity index (χ0v) is 15.6. The van der Waals surface area contributed by atoms with Crippen molar-refractivity contribution in [2.75, 3.05) is 25.4 Å². The number of amides is 1. The summed E-state index contributed by atoms with van der Waals surface area (Å²) in [5, 5.41) is 0.571. The van der Waals surface area contributed by atoms with Crippen molar-refractivity contribution in [1.29, 1.82) is 0 Å². The van der Waals surface area contributed by atoms with E-state index in [1.807, 2.05) is 4.90 Å². The van der Waals surface area contributed by atoms with E-state index in [0.29, 0.717) is 30.3 Å². The summed E-state index contributed by atoms with van der Waals surface area (Å²) < 4.78 is 5.56. The topological polar surface area (TPSA) is 101 Å². The van der Waals surface area contributed by atoms with Crippen molar-refractivity contribution >= 4 is 23.5 Å². The van der Waals surface area contributed by atoms with Gasteiger partial charge in [-0.1, -0.05) is 17.7 Å². The molecule has 142 valence electrons. The predicted molar refractivity (Wildman–Crippen MR) is 102 cm³/mol. The Bertz CT molecular complexity index is 935. The largest absolute Gasteiger partial charge is 0.484 e. The van der Waals surface area contributed by atoms with Gasteiger partial charge >= 0.3 is 0 Å². The van der Waals surface area contributed by atoms with Crippen LogP contribution in [-0.2, 0) is 16.6 Å². The number of aromatic amines is 1. The molecule has 0 unspecified atom stereocenters. The summed E-state index contributed by atoms with van der Waals surface area (Å²) in [4.78, 5) is 33.4. The molecule has 1 aromatic heterocycles. The number of nitrogen functional groups attached to an aromatic ring is 1. The second-order valence-electron chi connectivity index (χ2n) is 7.19. The third kappa shape index (κ3) is 3.39. The van der Waals surface area contributed by atoms with E-state index in [0.717, 1.165) is 30.5 Å². The highest BCUT2D eigenvalue weighted by atomic mass is 35.5. The number of aromatic nitrogens is 2. The molecule has 1 saturated heterocycles. The molecule has 0 radical (unpaired) electrons. The van der Waals surface area contributed by atoms with Gasteiger partial charge in [0.05, 0.1) is 5.69 Å². The Kier molecular flexibility index (Phi) is 4.55. The van der Waals surface area contributed by atoms with Crippen molar-refractivity contribution in [2.45, 2.75) is 31.1 Å². The second-order valence-corrected chi connectivity index (χ2v) is 7.62. The maximum atomic E-state index is 12.5.